The summed E-state index contributed by atoms with van der Waals surface area (Å²) in [6.07, 6.45) is 0. The van der Waals surface area contributed by atoms with Crippen LogP contribution in [-0.2, 0) is 5.41 Å². The van der Waals surface area contributed by atoms with Crippen molar-refractivity contribution in [2.24, 2.45) is 0 Å². The maximum Gasteiger partial charge on any atom is 0.272 e. The second-order valence-corrected chi connectivity index (χ2v) is 10.2. The molecule has 1 aromatic carbocycles. The fourth-order valence-corrected chi connectivity index (χ4v) is 4.88. The lowest BCUT2D eigenvalue weighted by Gasteiger charge is -2.46. The number of benzene rings is 1. The molecule has 3 heterocycles. The van der Waals surface area contributed by atoms with Crippen LogP contribution >= 0.6 is 11.6 Å². The second-order valence-electron chi connectivity index (χ2n) is 9.77. The van der Waals surface area contributed by atoms with Crippen LogP contribution in [0.3, 0.4) is 0 Å². The van der Waals surface area contributed by atoms with Crippen LogP contribution in [0, 0.1) is 5.82 Å². The lowest BCUT2D eigenvalue weighted by atomic mass is 9.91. The van der Waals surface area contributed by atoms with Gasteiger partial charge in [0, 0.05) is 37.3 Å². The molecule has 166 valence electrons. The number of anilines is 2. The first-order valence-electron chi connectivity index (χ1n) is 10.8. The van der Waals surface area contributed by atoms with Gasteiger partial charge in [0.15, 0.2) is 0 Å². The van der Waals surface area contributed by atoms with Gasteiger partial charge >= 0.3 is 0 Å². The highest BCUT2D eigenvalue weighted by Gasteiger charge is 2.40. The maximum atomic E-state index is 14.1. The molecular formula is C24H30ClFN4O. The molecule has 0 atom stereocenters. The summed E-state index contributed by atoms with van der Waals surface area (Å²) in [6.45, 7) is 14.6. The number of nitrogens with zero attached hydrogens (tertiary/aromatic N) is 4. The molecule has 1 fully saturated rings. The zero-order valence-electron chi connectivity index (χ0n) is 18.9. The van der Waals surface area contributed by atoms with E-state index in [1.165, 1.54) is 6.07 Å². The molecule has 2 aromatic rings. The summed E-state index contributed by atoms with van der Waals surface area (Å²) in [5.74, 6) is -0.478. The van der Waals surface area contributed by atoms with E-state index in [1.54, 1.807) is 12.1 Å². The van der Waals surface area contributed by atoms with Crippen LogP contribution in [0.5, 0.6) is 0 Å². The molecule has 31 heavy (non-hydrogen) atoms. The molecule has 0 aliphatic carbocycles. The molecule has 2 aliphatic rings. The number of hydrogen-bond donors (Lipinski definition) is 0. The van der Waals surface area contributed by atoms with Crippen molar-refractivity contribution in [1.29, 1.82) is 0 Å². The number of carbonyl (C=O) groups is 1. The second kappa shape index (κ2) is 7.75. The largest absolute Gasteiger partial charge is 0.339 e. The Hall–Kier alpha value is -2.18. The summed E-state index contributed by atoms with van der Waals surface area (Å²) < 4.78 is 14.1. The standard InChI is InChI=1S/C24H30ClFN4O/c1-6-28-11-12-30(24(4,5)15-28)22(31)19-9-10-20-21(27-19)23(2,3)14-29(20)16-7-8-17(25)18(26)13-16/h7-10,13H,6,11-12,14-15H2,1-5H3. The van der Waals surface area contributed by atoms with E-state index in [9.17, 15) is 9.18 Å². The molecule has 1 saturated heterocycles. The first-order chi connectivity index (χ1) is 14.5. The summed E-state index contributed by atoms with van der Waals surface area (Å²) in [5.41, 5.74) is 2.42. The third-order valence-electron chi connectivity index (χ3n) is 6.47. The van der Waals surface area contributed by atoms with Gasteiger partial charge in [-0.15, -0.1) is 0 Å². The van der Waals surface area contributed by atoms with Gasteiger partial charge in [0.2, 0.25) is 0 Å². The van der Waals surface area contributed by atoms with Gasteiger partial charge in [0.05, 0.1) is 21.9 Å². The highest BCUT2D eigenvalue weighted by atomic mass is 35.5. The van der Waals surface area contributed by atoms with Gasteiger partial charge in [-0.3, -0.25) is 9.69 Å². The summed E-state index contributed by atoms with van der Waals surface area (Å²) in [4.78, 5) is 24.6. The third kappa shape index (κ3) is 3.92. The van der Waals surface area contributed by atoms with Gasteiger partial charge < -0.3 is 9.80 Å². The summed E-state index contributed by atoms with van der Waals surface area (Å²) >= 11 is 5.86. The van der Waals surface area contributed by atoms with Gasteiger partial charge in [-0.05, 0) is 50.7 Å². The van der Waals surface area contributed by atoms with E-state index in [4.69, 9.17) is 16.6 Å². The minimum atomic E-state index is -0.446. The number of carbonyl (C=O) groups excluding carboxylic acids is 1. The van der Waals surface area contributed by atoms with Crippen molar-refractivity contribution in [1.82, 2.24) is 14.8 Å². The number of aromatic nitrogens is 1. The summed E-state index contributed by atoms with van der Waals surface area (Å²) in [7, 11) is 0. The number of amides is 1. The molecule has 1 aromatic heterocycles. The average Bonchev–Trinajstić information content (AvgIpc) is 2.99. The first-order valence-corrected chi connectivity index (χ1v) is 11.2. The van der Waals surface area contributed by atoms with Gasteiger partial charge in [-0.1, -0.05) is 32.4 Å². The number of fused-ring (bicyclic) bond motifs is 1. The van der Waals surface area contributed by atoms with Crippen LogP contribution < -0.4 is 4.90 Å². The zero-order valence-corrected chi connectivity index (χ0v) is 19.6. The van der Waals surface area contributed by atoms with E-state index >= 15 is 0 Å². The quantitative estimate of drug-likeness (QED) is 0.677. The Morgan fingerprint density at radius 2 is 1.87 bits per heavy atom. The van der Waals surface area contributed by atoms with Crippen molar-refractivity contribution in [2.75, 3.05) is 37.6 Å². The fourth-order valence-electron chi connectivity index (χ4n) is 4.77. The summed E-state index contributed by atoms with van der Waals surface area (Å²) in [6, 6.07) is 8.56. The van der Waals surface area contributed by atoms with E-state index in [2.05, 4.69) is 39.5 Å². The van der Waals surface area contributed by atoms with Crippen LogP contribution in [0.15, 0.2) is 30.3 Å². The summed E-state index contributed by atoms with van der Waals surface area (Å²) in [5, 5.41) is 0.104. The molecule has 0 unspecified atom stereocenters. The monoisotopic (exact) mass is 444 g/mol. The lowest BCUT2D eigenvalue weighted by Crippen LogP contribution is -2.61. The molecular weight excluding hydrogens is 415 g/mol. The van der Waals surface area contributed by atoms with Crippen LogP contribution in [0.4, 0.5) is 15.8 Å². The minimum Gasteiger partial charge on any atom is -0.339 e. The number of pyridine rings is 1. The van der Waals surface area contributed by atoms with Crippen LogP contribution in [0.25, 0.3) is 0 Å². The predicted molar refractivity (Wildman–Crippen MR) is 123 cm³/mol. The Labute approximate surface area is 188 Å². The Balaban J connectivity index is 1.66. The smallest absolute Gasteiger partial charge is 0.272 e. The number of halogens is 2. The number of rotatable bonds is 3. The van der Waals surface area contributed by atoms with Crippen molar-refractivity contribution in [3.05, 3.63) is 52.6 Å². The normalized spacial score (nSPS) is 20.1. The Bertz CT molecular complexity index is 1020. The lowest BCUT2D eigenvalue weighted by molar-refractivity contribution is 0.0190. The fraction of sp³-hybridized carbons (Fsp3) is 0.500. The number of piperazine rings is 1. The SMILES string of the molecule is CCN1CCN(C(=O)c2ccc3c(n2)C(C)(C)CN3c2ccc(Cl)c(F)c2)C(C)(C)C1. The maximum absolute atomic E-state index is 14.1. The van der Waals surface area contributed by atoms with Crippen molar-refractivity contribution >= 4 is 28.9 Å². The molecule has 4 rings (SSSR count). The van der Waals surface area contributed by atoms with Gasteiger partial charge in [-0.2, -0.15) is 0 Å². The van der Waals surface area contributed by atoms with Crippen molar-refractivity contribution in [3.63, 3.8) is 0 Å². The third-order valence-corrected chi connectivity index (χ3v) is 6.77. The highest BCUT2D eigenvalue weighted by molar-refractivity contribution is 6.30. The predicted octanol–water partition coefficient (Wildman–Crippen LogP) is 4.86. The molecule has 7 heteroatoms. The van der Waals surface area contributed by atoms with Crippen molar-refractivity contribution < 1.29 is 9.18 Å². The first kappa shape index (κ1) is 22.0. The number of hydrogen-bond acceptors (Lipinski definition) is 4. The Morgan fingerprint density at radius 1 is 1.13 bits per heavy atom. The zero-order chi connectivity index (χ0) is 22.6. The Morgan fingerprint density at radius 3 is 2.52 bits per heavy atom. The molecule has 0 radical (unpaired) electrons. The average molecular weight is 445 g/mol. The highest BCUT2D eigenvalue weighted by Crippen LogP contribution is 2.43. The van der Waals surface area contributed by atoms with E-state index < -0.39 is 5.82 Å². The molecule has 0 bridgehead atoms. The minimum absolute atomic E-state index is 0.0321. The van der Waals surface area contributed by atoms with Crippen LogP contribution in [-0.4, -0.2) is 59.0 Å². The number of likely N-dealkylation sites (N-methyl/N-ethyl adjacent to an activating group) is 1. The van der Waals surface area contributed by atoms with Gasteiger partial charge in [0.1, 0.15) is 11.5 Å². The van der Waals surface area contributed by atoms with Crippen LogP contribution in [0.1, 0.15) is 50.8 Å². The Kier molecular flexibility index (Phi) is 5.51. The van der Waals surface area contributed by atoms with Gasteiger partial charge in [0.25, 0.3) is 5.91 Å². The van der Waals surface area contributed by atoms with Gasteiger partial charge in [-0.25, -0.2) is 9.37 Å². The molecule has 0 saturated carbocycles. The molecule has 0 N–H and O–H groups in total. The van der Waals surface area contributed by atoms with E-state index in [1.807, 2.05) is 21.9 Å². The van der Waals surface area contributed by atoms with Crippen molar-refractivity contribution in [2.45, 2.75) is 45.6 Å². The van der Waals surface area contributed by atoms with Crippen LogP contribution in [0.2, 0.25) is 5.02 Å². The molecule has 1 amide bonds. The molecule has 2 aliphatic heterocycles. The van der Waals surface area contributed by atoms with E-state index in [0.29, 0.717) is 18.8 Å². The van der Waals surface area contributed by atoms with E-state index in [-0.39, 0.29) is 21.9 Å². The molecule has 0 spiro atoms. The van der Waals surface area contributed by atoms with E-state index in [0.717, 1.165) is 36.7 Å². The topological polar surface area (TPSA) is 39.7 Å². The van der Waals surface area contributed by atoms with Crippen molar-refractivity contribution in [3.8, 4) is 0 Å². The molecule has 5 nitrogen and oxygen atoms in total.